The van der Waals surface area contributed by atoms with E-state index in [1.54, 1.807) is 11.3 Å². The second-order valence-electron chi connectivity index (χ2n) is 8.51. The molecule has 2 aliphatic rings. The number of carbonyl (C=O) groups is 1. The highest BCUT2D eigenvalue weighted by atomic mass is 32.2. The van der Waals surface area contributed by atoms with Gasteiger partial charge in [0.2, 0.25) is 12.7 Å². The van der Waals surface area contributed by atoms with Crippen LogP contribution in [-0.4, -0.2) is 33.2 Å². The predicted molar refractivity (Wildman–Crippen MR) is 129 cm³/mol. The summed E-state index contributed by atoms with van der Waals surface area (Å²) < 4.78 is 13.1. The summed E-state index contributed by atoms with van der Waals surface area (Å²) in [7, 11) is 0. The highest BCUT2D eigenvalue weighted by Gasteiger charge is 2.24. The van der Waals surface area contributed by atoms with Gasteiger partial charge in [0, 0.05) is 17.3 Å². The molecule has 2 aromatic heterocycles. The maximum absolute atomic E-state index is 12.7. The maximum atomic E-state index is 12.7. The Morgan fingerprint density at radius 1 is 1.21 bits per heavy atom. The Balaban J connectivity index is 1.24. The average Bonchev–Trinajstić information content (AvgIpc) is 3.59. The Morgan fingerprint density at radius 3 is 2.88 bits per heavy atom. The van der Waals surface area contributed by atoms with Gasteiger partial charge in [0.25, 0.3) is 0 Å². The molecule has 0 spiro atoms. The fraction of sp³-hybridized carbons (Fsp3) is 0.458. The van der Waals surface area contributed by atoms with Gasteiger partial charge in [-0.1, -0.05) is 43.2 Å². The Kier molecular flexibility index (Phi) is 6.87. The third kappa shape index (κ3) is 5.19. The number of amides is 1. The first-order valence-corrected chi connectivity index (χ1v) is 13.3. The van der Waals surface area contributed by atoms with E-state index in [0.29, 0.717) is 11.8 Å². The van der Waals surface area contributed by atoms with Crippen LogP contribution in [0.1, 0.15) is 67.4 Å². The molecule has 1 atom stereocenters. The van der Waals surface area contributed by atoms with E-state index in [0.717, 1.165) is 47.3 Å². The molecule has 3 aromatic rings. The summed E-state index contributed by atoms with van der Waals surface area (Å²) >= 11 is 3.22. The van der Waals surface area contributed by atoms with Crippen molar-refractivity contribution in [1.82, 2.24) is 20.1 Å². The highest BCUT2D eigenvalue weighted by Crippen LogP contribution is 2.35. The van der Waals surface area contributed by atoms with Crippen LogP contribution >= 0.6 is 23.1 Å². The molecule has 0 radical (unpaired) electrons. The van der Waals surface area contributed by atoms with Gasteiger partial charge >= 0.3 is 0 Å². The van der Waals surface area contributed by atoms with Crippen molar-refractivity contribution in [1.29, 1.82) is 0 Å². The van der Waals surface area contributed by atoms with Gasteiger partial charge in [-0.15, -0.1) is 21.5 Å². The van der Waals surface area contributed by atoms with Crippen LogP contribution in [0.2, 0.25) is 0 Å². The molecule has 1 amide bonds. The van der Waals surface area contributed by atoms with Crippen LogP contribution in [-0.2, 0) is 11.2 Å². The smallest absolute Gasteiger partial charge is 0.231 e. The highest BCUT2D eigenvalue weighted by molar-refractivity contribution is 7.99. The monoisotopic (exact) mass is 484 g/mol. The molecule has 174 valence electrons. The number of ether oxygens (including phenoxy) is 2. The quantitative estimate of drug-likeness (QED) is 0.447. The molecule has 1 N–H and O–H groups in total. The van der Waals surface area contributed by atoms with Crippen LogP contribution in [0.3, 0.4) is 0 Å². The van der Waals surface area contributed by atoms with Crippen molar-refractivity contribution in [2.45, 2.75) is 62.7 Å². The number of aromatic nitrogens is 3. The molecule has 1 aliphatic carbocycles. The van der Waals surface area contributed by atoms with Crippen LogP contribution in [0.15, 0.2) is 40.9 Å². The van der Waals surface area contributed by atoms with E-state index in [2.05, 4.69) is 37.6 Å². The zero-order valence-electron chi connectivity index (χ0n) is 18.7. The summed E-state index contributed by atoms with van der Waals surface area (Å²) in [6.07, 6.45) is 6.85. The van der Waals surface area contributed by atoms with Crippen molar-refractivity contribution < 1.29 is 14.3 Å². The van der Waals surface area contributed by atoms with Gasteiger partial charge < -0.3 is 19.4 Å². The molecule has 9 heteroatoms. The van der Waals surface area contributed by atoms with Gasteiger partial charge in [-0.2, -0.15) is 0 Å². The van der Waals surface area contributed by atoms with E-state index in [1.165, 1.54) is 35.9 Å². The van der Waals surface area contributed by atoms with E-state index in [-0.39, 0.29) is 18.7 Å². The molecule has 1 unspecified atom stereocenters. The number of hydrogen-bond acceptors (Lipinski definition) is 7. The number of benzene rings is 1. The molecule has 1 aliphatic heterocycles. The molecule has 1 aromatic carbocycles. The molecular formula is C24H28N4O3S2. The van der Waals surface area contributed by atoms with Crippen molar-refractivity contribution in [3.05, 3.63) is 52.0 Å². The topological polar surface area (TPSA) is 78.3 Å². The standard InChI is InChI=1S/C24H28N4O3S2/c1-16(17-9-10-20-21(12-17)31-15-30-20)25-23(29)14-33-24-27-26-22(13-19-8-5-11-32-19)28(24)18-6-3-2-4-7-18/h5,8-12,16,18H,2-4,6-7,13-15H2,1H3,(H,25,29). The van der Waals surface area contributed by atoms with Gasteiger partial charge in [-0.25, -0.2) is 0 Å². The van der Waals surface area contributed by atoms with Crippen LogP contribution in [0.4, 0.5) is 0 Å². The third-order valence-electron chi connectivity index (χ3n) is 6.19. The second-order valence-corrected chi connectivity index (χ2v) is 10.5. The molecule has 1 fully saturated rings. The lowest BCUT2D eigenvalue weighted by Gasteiger charge is -2.25. The largest absolute Gasteiger partial charge is 0.454 e. The lowest BCUT2D eigenvalue weighted by Crippen LogP contribution is -2.28. The van der Waals surface area contributed by atoms with Crippen molar-refractivity contribution in [2.24, 2.45) is 0 Å². The average molecular weight is 485 g/mol. The van der Waals surface area contributed by atoms with Crippen LogP contribution in [0.25, 0.3) is 0 Å². The van der Waals surface area contributed by atoms with Gasteiger partial charge in [0.15, 0.2) is 16.7 Å². The maximum Gasteiger partial charge on any atom is 0.231 e. The minimum absolute atomic E-state index is 0.0248. The SMILES string of the molecule is CC(NC(=O)CSc1nnc(Cc2cccs2)n1C1CCCCC1)c1ccc2c(c1)OCO2. The molecule has 1 saturated carbocycles. The van der Waals surface area contributed by atoms with Crippen molar-refractivity contribution in [3.8, 4) is 11.5 Å². The zero-order chi connectivity index (χ0) is 22.6. The Morgan fingerprint density at radius 2 is 2.06 bits per heavy atom. The van der Waals surface area contributed by atoms with Crippen molar-refractivity contribution in [3.63, 3.8) is 0 Å². The first-order chi connectivity index (χ1) is 16.2. The lowest BCUT2D eigenvalue weighted by atomic mass is 9.95. The Bertz CT molecular complexity index is 1090. The third-order valence-corrected chi connectivity index (χ3v) is 8.01. The summed E-state index contributed by atoms with van der Waals surface area (Å²) in [6.45, 7) is 2.22. The number of thioether (sulfide) groups is 1. The second kappa shape index (κ2) is 10.2. The molecule has 7 nitrogen and oxygen atoms in total. The molecule has 3 heterocycles. The van der Waals surface area contributed by atoms with Crippen LogP contribution in [0, 0.1) is 0 Å². The van der Waals surface area contributed by atoms with E-state index in [4.69, 9.17) is 9.47 Å². The van der Waals surface area contributed by atoms with Crippen molar-refractivity contribution >= 4 is 29.0 Å². The number of nitrogens with zero attached hydrogens (tertiary/aromatic N) is 3. The number of hydrogen-bond donors (Lipinski definition) is 1. The van der Waals surface area contributed by atoms with E-state index >= 15 is 0 Å². The first-order valence-electron chi connectivity index (χ1n) is 11.5. The first kappa shape index (κ1) is 22.3. The number of nitrogens with one attached hydrogen (secondary N) is 1. The minimum Gasteiger partial charge on any atom is -0.454 e. The number of carbonyl (C=O) groups excluding carboxylic acids is 1. The molecular weight excluding hydrogens is 456 g/mol. The molecule has 0 bridgehead atoms. The van der Waals surface area contributed by atoms with Gasteiger partial charge in [-0.3, -0.25) is 4.79 Å². The van der Waals surface area contributed by atoms with Gasteiger partial charge in [-0.05, 0) is 48.9 Å². The fourth-order valence-electron chi connectivity index (χ4n) is 4.48. The molecule has 33 heavy (non-hydrogen) atoms. The fourth-order valence-corrected chi connectivity index (χ4v) is 6.02. The van der Waals surface area contributed by atoms with E-state index in [1.807, 2.05) is 25.1 Å². The summed E-state index contributed by atoms with van der Waals surface area (Å²) in [5, 5.41) is 15.0. The number of fused-ring (bicyclic) bond motifs is 1. The van der Waals surface area contributed by atoms with Gasteiger partial charge in [0.1, 0.15) is 5.82 Å². The van der Waals surface area contributed by atoms with Crippen LogP contribution in [0.5, 0.6) is 11.5 Å². The number of thiophene rings is 1. The van der Waals surface area contributed by atoms with Crippen molar-refractivity contribution in [2.75, 3.05) is 12.5 Å². The van der Waals surface area contributed by atoms with Crippen LogP contribution < -0.4 is 14.8 Å². The molecule has 0 saturated heterocycles. The van der Waals surface area contributed by atoms with Gasteiger partial charge in [0.05, 0.1) is 11.8 Å². The summed E-state index contributed by atoms with van der Waals surface area (Å²) in [5.74, 6) is 2.75. The predicted octanol–water partition coefficient (Wildman–Crippen LogP) is 5.13. The lowest BCUT2D eigenvalue weighted by molar-refractivity contribution is -0.119. The Labute approximate surface area is 201 Å². The summed E-state index contributed by atoms with van der Waals surface area (Å²) in [4.78, 5) is 14.0. The summed E-state index contributed by atoms with van der Waals surface area (Å²) in [5.41, 5.74) is 0.987. The minimum atomic E-state index is -0.127. The Hall–Kier alpha value is -2.52. The molecule has 5 rings (SSSR count). The van der Waals surface area contributed by atoms with E-state index < -0.39 is 0 Å². The zero-order valence-corrected chi connectivity index (χ0v) is 20.3. The van der Waals surface area contributed by atoms with E-state index in [9.17, 15) is 4.79 Å². The summed E-state index contributed by atoms with van der Waals surface area (Å²) in [6, 6.07) is 10.3. The normalized spacial score (nSPS) is 16.6. The number of rotatable bonds is 8.